The quantitative estimate of drug-likeness (QED) is 0.531. The maximum Gasteiger partial charge on any atom is 0.255 e. The molecule has 0 saturated carbocycles. The SMILES string of the molecule is Cc1ccc(C)c(NC(=O)C(c2ccccc2)N2CCCN(C(=O)c3ccccc3Cl)CC2)c1. The van der Waals surface area contributed by atoms with Gasteiger partial charge in [0.15, 0.2) is 0 Å². The molecule has 0 bridgehead atoms. The summed E-state index contributed by atoms with van der Waals surface area (Å²) in [6.45, 7) is 6.48. The third kappa shape index (κ3) is 5.49. The predicted octanol–water partition coefficient (Wildman–Crippen LogP) is 5.48. The van der Waals surface area contributed by atoms with Gasteiger partial charge in [-0.3, -0.25) is 14.5 Å². The second kappa shape index (κ2) is 10.9. The van der Waals surface area contributed by atoms with Gasteiger partial charge in [-0.05, 0) is 55.2 Å². The standard InChI is InChI=1S/C28H30ClN3O2/c1-20-13-14-21(2)25(19-20)30-27(33)26(22-9-4-3-5-10-22)31-15-8-16-32(18-17-31)28(34)23-11-6-7-12-24(23)29/h3-7,9-14,19,26H,8,15-18H2,1-2H3,(H,30,33). The summed E-state index contributed by atoms with van der Waals surface area (Å²) in [4.78, 5) is 30.7. The minimum Gasteiger partial charge on any atom is -0.337 e. The molecule has 0 radical (unpaired) electrons. The highest BCUT2D eigenvalue weighted by atomic mass is 35.5. The van der Waals surface area contributed by atoms with Crippen LogP contribution in [0.5, 0.6) is 0 Å². The molecular formula is C28H30ClN3O2. The number of amides is 2. The Bertz CT molecular complexity index is 1170. The Labute approximate surface area is 206 Å². The minimum atomic E-state index is -0.448. The van der Waals surface area contributed by atoms with Gasteiger partial charge in [-0.15, -0.1) is 0 Å². The molecule has 1 unspecified atom stereocenters. The molecule has 1 heterocycles. The lowest BCUT2D eigenvalue weighted by Crippen LogP contribution is -2.40. The monoisotopic (exact) mass is 475 g/mol. The second-order valence-electron chi connectivity index (χ2n) is 8.78. The van der Waals surface area contributed by atoms with Gasteiger partial charge in [0.2, 0.25) is 5.91 Å². The van der Waals surface area contributed by atoms with Crippen molar-refractivity contribution in [1.82, 2.24) is 9.80 Å². The first-order valence-electron chi connectivity index (χ1n) is 11.6. The Kier molecular flexibility index (Phi) is 7.66. The van der Waals surface area contributed by atoms with Crippen molar-refractivity contribution in [2.45, 2.75) is 26.3 Å². The lowest BCUT2D eigenvalue weighted by atomic mass is 10.0. The summed E-state index contributed by atoms with van der Waals surface area (Å²) in [6, 6.07) is 22.6. The van der Waals surface area contributed by atoms with E-state index in [2.05, 4.69) is 10.2 Å². The number of rotatable bonds is 5. The lowest BCUT2D eigenvalue weighted by Gasteiger charge is -2.30. The van der Waals surface area contributed by atoms with E-state index in [0.717, 1.165) is 28.8 Å². The number of carbonyl (C=O) groups excluding carboxylic acids is 2. The lowest BCUT2D eigenvalue weighted by molar-refractivity contribution is -0.121. The molecule has 1 aliphatic heterocycles. The summed E-state index contributed by atoms with van der Waals surface area (Å²) in [5.74, 6) is -0.130. The van der Waals surface area contributed by atoms with Crippen LogP contribution < -0.4 is 5.32 Å². The van der Waals surface area contributed by atoms with Crippen molar-refractivity contribution >= 4 is 29.1 Å². The van der Waals surface area contributed by atoms with E-state index in [1.54, 1.807) is 12.1 Å². The third-order valence-corrected chi connectivity index (χ3v) is 6.63. The Morgan fingerprint density at radius 2 is 1.62 bits per heavy atom. The molecule has 5 nitrogen and oxygen atoms in total. The van der Waals surface area contributed by atoms with Crippen LogP contribution in [0.4, 0.5) is 5.69 Å². The number of aryl methyl sites for hydroxylation is 2. The fourth-order valence-electron chi connectivity index (χ4n) is 4.44. The first-order chi connectivity index (χ1) is 16.4. The van der Waals surface area contributed by atoms with Crippen molar-refractivity contribution in [2.24, 2.45) is 0 Å². The number of halogens is 1. The zero-order chi connectivity index (χ0) is 24.1. The maximum absolute atomic E-state index is 13.6. The molecule has 0 aliphatic carbocycles. The van der Waals surface area contributed by atoms with Crippen LogP contribution in [0.1, 0.15) is 39.5 Å². The van der Waals surface area contributed by atoms with Crippen LogP contribution in [0, 0.1) is 13.8 Å². The van der Waals surface area contributed by atoms with Crippen LogP contribution in [0.3, 0.4) is 0 Å². The smallest absolute Gasteiger partial charge is 0.255 e. The largest absolute Gasteiger partial charge is 0.337 e. The van der Waals surface area contributed by atoms with Crippen molar-refractivity contribution in [3.63, 3.8) is 0 Å². The number of nitrogens with one attached hydrogen (secondary N) is 1. The van der Waals surface area contributed by atoms with Crippen LogP contribution in [0.2, 0.25) is 5.02 Å². The maximum atomic E-state index is 13.6. The van der Waals surface area contributed by atoms with E-state index in [1.165, 1.54) is 0 Å². The van der Waals surface area contributed by atoms with Crippen molar-refractivity contribution < 1.29 is 9.59 Å². The molecule has 0 aromatic heterocycles. The third-order valence-electron chi connectivity index (χ3n) is 6.30. The fraction of sp³-hybridized carbons (Fsp3) is 0.286. The highest BCUT2D eigenvalue weighted by molar-refractivity contribution is 6.33. The average molecular weight is 476 g/mol. The Balaban J connectivity index is 1.55. The Morgan fingerprint density at radius 3 is 2.38 bits per heavy atom. The Morgan fingerprint density at radius 1 is 0.882 bits per heavy atom. The summed E-state index contributed by atoms with van der Waals surface area (Å²) in [6.07, 6.45) is 0.774. The van der Waals surface area contributed by atoms with Gasteiger partial charge in [0.1, 0.15) is 6.04 Å². The van der Waals surface area contributed by atoms with Gasteiger partial charge in [0.05, 0.1) is 10.6 Å². The first-order valence-corrected chi connectivity index (χ1v) is 12.0. The molecular weight excluding hydrogens is 446 g/mol. The van der Waals surface area contributed by atoms with Crippen LogP contribution in [0.15, 0.2) is 72.8 Å². The van der Waals surface area contributed by atoms with Gasteiger partial charge in [0, 0.05) is 31.9 Å². The molecule has 1 aliphatic rings. The molecule has 34 heavy (non-hydrogen) atoms. The molecule has 4 rings (SSSR count). The zero-order valence-corrected chi connectivity index (χ0v) is 20.4. The van der Waals surface area contributed by atoms with Crippen LogP contribution in [0.25, 0.3) is 0 Å². The number of hydrogen-bond acceptors (Lipinski definition) is 3. The van der Waals surface area contributed by atoms with Gasteiger partial charge in [-0.1, -0.05) is 66.2 Å². The molecule has 0 spiro atoms. The summed E-state index contributed by atoms with van der Waals surface area (Å²) in [5.41, 5.74) is 4.41. The molecule has 2 amide bonds. The Hall–Kier alpha value is -3.15. The molecule has 1 atom stereocenters. The van der Waals surface area contributed by atoms with Gasteiger partial charge in [-0.25, -0.2) is 0 Å². The van der Waals surface area contributed by atoms with Crippen molar-refractivity contribution in [3.8, 4) is 0 Å². The number of carbonyl (C=O) groups is 2. The molecule has 1 saturated heterocycles. The number of benzene rings is 3. The van der Waals surface area contributed by atoms with E-state index >= 15 is 0 Å². The number of hydrogen-bond donors (Lipinski definition) is 1. The molecule has 1 N–H and O–H groups in total. The summed E-state index contributed by atoms with van der Waals surface area (Å²) >= 11 is 6.27. The number of nitrogens with zero attached hydrogens (tertiary/aromatic N) is 2. The predicted molar refractivity (Wildman–Crippen MR) is 137 cm³/mol. The van der Waals surface area contributed by atoms with E-state index in [9.17, 15) is 9.59 Å². The van der Waals surface area contributed by atoms with Gasteiger partial charge >= 0.3 is 0 Å². The van der Waals surface area contributed by atoms with Crippen molar-refractivity contribution in [1.29, 1.82) is 0 Å². The van der Waals surface area contributed by atoms with Crippen molar-refractivity contribution in [3.05, 3.63) is 100 Å². The summed E-state index contributed by atoms with van der Waals surface area (Å²) in [5, 5.41) is 3.62. The average Bonchev–Trinajstić information content (AvgIpc) is 3.08. The van der Waals surface area contributed by atoms with Gasteiger partial charge in [-0.2, -0.15) is 0 Å². The molecule has 176 valence electrons. The summed E-state index contributed by atoms with van der Waals surface area (Å²) < 4.78 is 0. The number of anilines is 1. The van der Waals surface area contributed by atoms with E-state index in [1.807, 2.05) is 79.4 Å². The van der Waals surface area contributed by atoms with Crippen molar-refractivity contribution in [2.75, 3.05) is 31.5 Å². The van der Waals surface area contributed by atoms with Crippen LogP contribution in [-0.2, 0) is 4.79 Å². The van der Waals surface area contributed by atoms with Crippen LogP contribution in [-0.4, -0.2) is 47.8 Å². The molecule has 6 heteroatoms. The van der Waals surface area contributed by atoms with E-state index in [-0.39, 0.29) is 11.8 Å². The second-order valence-corrected chi connectivity index (χ2v) is 9.19. The highest BCUT2D eigenvalue weighted by Gasteiger charge is 2.31. The highest BCUT2D eigenvalue weighted by Crippen LogP contribution is 2.26. The minimum absolute atomic E-state index is 0.0641. The summed E-state index contributed by atoms with van der Waals surface area (Å²) in [7, 11) is 0. The van der Waals surface area contributed by atoms with E-state index in [0.29, 0.717) is 36.8 Å². The van der Waals surface area contributed by atoms with E-state index < -0.39 is 6.04 Å². The molecule has 3 aromatic rings. The van der Waals surface area contributed by atoms with E-state index in [4.69, 9.17) is 11.6 Å². The molecule has 1 fully saturated rings. The zero-order valence-electron chi connectivity index (χ0n) is 19.6. The van der Waals surface area contributed by atoms with Gasteiger partial charge < -0.3 is 10.2 Å². The first kappa shape index (κ1) is 24.0. The van der Waals surface area contributed by atoms with Gasteiger partial charge in [0.25, 0.3) is 5.91 Å². The normalized spacial score (nSPS) is 15.4. The fourth-order valence-corrected chi connectivity index (χ4v) is 4.66. The molecule has 3 aromatic carbocycles. The van der Waals surface area contributed by atoms with Crippen LogP contribution >= 0.6 is 11.6 Å². The topological polar surface area (TPSA) is 52.7 Å².